The van der Waals surface area contributed by atoms with E-state index in [2.05, 4.69) is 15.5 Å². The summed E-state index contributed by atoms with van der Waals surface area (Å²) in [6, 6.07) is 8.40. The third-order valence-corrected chi connectivity index (χ3v) is 2.68. The van der Waals surface area contributed by atoms with Gasteiger partial charge in [0.25, 0.3) is 0 Å². The highest BCUT2D eigenvalue weighted by molar-refractivity contribution is 6.29. The molecule has 1 heterocycles. The molecular formula is C13H13ClFN3. The normalized spacial score (nSPS) is 12.2. The summed E-state index contributed by atoms with van der Waals surface area (Å²) < 4.78 is 12.8. The van der Waals surface area contributed by atoms with E-state index in [4.69, 9.17) is 11.6 Å². The van der Waals surface area contributed by atoms with E-state index in [9.17, 15) is 4.39 Å². The molecule has 5 heteroatoms. The van der Waals surface area contributed by atoms with Gasteiger partial charge in [0.2, 0.25) is 0 Å². The van der Waals surface area contributed by atoms with Gasteiger partial charge in [-0.25, -0.2) is 4.39 Å². The maximum atomic E-state index is 12.8. The minimum atomic E-state index is -0.218. The second kappa shape index (κ2) is 5.78. The molecule has 0 aliphatic heterocycles. The average molecular weight is 266 g/mol. The summed E-state index contributed by atoms with van der Waals surface area (Å²) in [5, 5.41) is 11.1. The molecule has 0 bridgehead atoms. The number of hydrogen-bond donors (Lipinski definition) is 1. The Kier molecular flexibility index (Phi) is 4.10. The van der Waals surface area contributed by atoms with E-state index < -0.39 is 0 Å². The summed E-state index contributed by atoms with van der Waals surface area (Å²) in [7, 11) is 0. The van der Waals surface area contributed by atoms with Gasteiger partial charge in [-0.2, -0.15) is 5.10 Å². The van der Waals surface area contributed by atoms with Gasteiger partial charge in [0.1, 0.15) is 5.82 Å². The van der Waals surface area contributed by atoms with Crippen molar-refractivity contribution in [1.82, 2.24) is 10.2 Å². The van der Waals surface area contributed by atoms with Gasteiger partial charge >= 0.3 is 0 Å². The van der Waals surface area contributed by atoms with Gasteiger partial charge in [-0.05, 0) is 31.0 Å². The van der Waals surface area contributed by atoms with E-state index in [1.165, 1.54) is 12.1 Å². The molecule has 0 saturated heterocycles. The molecule has 0 saturated carbocycles. The van der Waals surface area contributed by atoms with E-state index >= 15 is 0 Å². The fraction of sp³-hybridized carbons (Fsp3) is 0.231. The van der Waals surface area contributed by atoms with Crippen molar-refractivity contribution in [1.29, 1.82) is 0 Å². The van der Waals surface area contributed by atoms with Crippen molar-refractivity contribution in [2.24, 2.45) is 0 Å². The SMILES string of the molecule is CC(Cc1ccc(F)cc1)Nc1cnnc(Cl)c1. The number of anilines is 1. The number of halogens is 2. The molecule has 18 heavy (non-hydrogen) atoms. The number of nitrogens with one attached hydrogen (secondary N) is 1. The van der Waals surface area contributed by atoms with E-state index in [0.717, 1.165) is 17.7 Å². The third kappa shape index (κ3) is 3.67. The first-order chi connectivity index (χ1) is 8.63. The molecule has 0 spiro atoms. The van der Waals surface area contributed by atoms with Gasteiger partial charge in [-0.3, -0.25) is 0 Å². The highest BCUT2D eigenvalue weighted by Crippen LogP contribution is 2.13. The summed E-state index contributed by atoms with van der Waals surface area (Å²) in [5.41, 5.74) is 1.90. The molecule has 0 aliphatic carbocycles. The minimum absolute atomic E-state index is 0.190. The molecule has 1 aromatic carbocycles. The highest BCUT2D eigenvalue weighted by atomic mass is 35.5. The Morgan fingerprint density at radius 1 is 1.33 bits per heavy atom. The first kappa shape index (κ1) is 12.8. The largest absolute Gasteiger partial charge is 0.381 e. The van der Waals surface area contributed by atoms with Gasteiger partial charge in [0.05, 0.1) is 11.9 Å². The summed E-state index contributed by atoms with van der Waals surface area (Å²) >= 11 is 5.75. The summed E-state index contributed by atoms with van der Waals surface area (Å²) in [4.78, 5) is 0. The maximum absolute atomic E-state index is 12.8. The van der Waals surface area contributed by atoms with Crippen LogP contribution in [0.1, 0.15) is 12.5 Å². The van der Waals surface area contributed by atoms with Gasteiger partial charge in [-0.15, -0.1) is 5.10 Å². The van der Waals surface area contributed by atoms with Crippen LogP contribution in [0.4, 0.5) is 10.1 Å². The van der Waals surface area contributed by atoms with Crippen molar-refractivity contribution >= 4 is 17.3 Å². The summed E-state index contributed by atoms with van der Waals surface area (Å²) in [6.45, 7) is 2.04. The van der Waals surface area contributed by atoms with Gasteiger partial charge < -0.3 is 5.32 Å². The Morgan fingerprint density at radius 3 is 2.72 bits per heavy atom. The van der Waals surface area contributed by atoms with Crippen molar-refractivity contribution in [3.63, 3.8) is 0 Å². The predicted octanol–water partition coefficient (Wildman–Crippen LogP) is 3.31. The lowest BCUT2D eigenvalue weighted by molar-refractivity contribution is 0.626. The van der Waals surface area contributed by atoms with Crippen LogP contribution < -0.4 is 5.32 Å². The van der Waals surface area contributed by atoms with Crippen LogP contribution in [0.25, 0.3) is 0 Å². The first-order valence-corrected chi connectivity index (χ1v) is 6.00. The van der Waals surface area contributed by atoms with Crippen molar-refractivity contribution in [2.75, 3.05) is 5.32 Å². The molecule has 1 N–H and O–H groups in total. The zero-order chi connectivity index (χ0) is 13.0. The summed E-state index contributed by atoms with van der Waals surface area (Å²) in [6.07, 6.45) is 2.41. The van der Waals surface area contributed by atoms with Crippen LogP contribution in [0, 0.1) is 5.82 Å². The van der Waals surface area contributed by atoms with Gasteiger partial charge in [-0.1, -0.05) is 23.7 Å². The Balaban J connectivity index is 1.96. The van der Waals surface area contributed by atoms with Crippen LogP contribution in [-0.4, -0.2) is 16.2 Å². The number of benzene rings is 1. The zero-order valence-corrected chi connectivity index (χ0v) is 10.7. The number of rotatable bonds is 4. The smallest absolute Gasteiger partial charge is 0.153 e. The highest BCUT2D eigenvalue weighted by Gasteiger charge is 2.05. The molecule has 94 valence electrons. The Hall–Kier alpha value is -1.68. The maximum Gasteiger partial charge on any atom is 0.153 e. The Morgan fingerprint density at radius 2 is 2.06 bits per heavy atom. The molecule has 0 fully saturated rings. The van der Waals surface area contributed by atoms with Crippen LogP contribution in [-0.2, 0) is 6.42 Å². The van der Waals surface area contributed by atoms with Crippen LogP contribution >= 0.6 is 11.6 Å². The van der Waals surface area contributed by atoms with Gasteiger partial charge in [0.15, 0.2) is 5.15 Å². The van der Waals surface area contributed by atoms with Crippen LogP contribution in [0.3, 0.4) is 0 Å². The molecule has 2 rings (SSSR count). The van der Waals surface area contributed by atoms with Crippen molar-refractivity contribution in [3.05, 3.63) is 53.1 Å². The van der Waals surface area contributed by atoms with E-state index in [-0.39, 0.29) is 11.9 Å². The van der Waals surface area contributed by atoms with E-state index in [0.29, 0.717) is 5.15 Å². The quantitative estimate of drug-likeness (QED) is 0.922. The fourth-order valence-corrected chi connectivity index (χ4v) is 1.89. The molecule has 0 amide bonds. The lowest BCUT2D eigenvalue weighted by atomic mass is 10.1. The fourth-order valence-electron chi connectivity index (χ4n) is 1.73. The number of aromatic nitrogens is 2. The molecule has 1 atom stereocenters. The van der Waals surface area contributed by atoms with E-state index in [1.54, 1.807) is 24.4 Å². The molecule has 2 aromatic rings. The van der Waals surface area contributed by atoms with Crippen molar-refractivity contribution in [2.45, 2.75) is 19.4 Å². The standard InChI is InChI=1S/C13H13ClFN3/c1-9(6-10-2-4-11(15)5-3-10)17-12-7-13(14)18-16-8-12/h2-5,7-9H,6H2,1H3,(H,17,18). The molecule has 1 unspecified atom stereocenters. The molecule has 0 aliphatic rings. The number of nitrogens with zero attached hydrogens (tertiary/aromatic N) is 2. The topological polar surface area (TPSA) is 37.8 Å². The monoisotopic (exact) mass is 265 g/mol. The van der Waals surface area contributed by atoms with Crippen LogP contribution in [0.2, 0.25) is 5.15 Å². The zero-order valence-electron chi connectivity index (χ0n) is 9.90. The van der Waals surface area contributed by atoms with Crippen molar-refractivity contribution < 1.29 is 4.39 Å². The van der Waals surface area contributed by atoms with Crippen molar-refractivity contribution in [3.8, 4) is 0 Å². The lowest BCUT2D eigenvalue weighted by Crippen LogP contribution is -2.18. The lowest BCUT2D eigenvalue weighted by Gasteiger charge is -2.14. The number of hydrogen-bond acceptors (Lipinski definition) is 3. The third-order valence-electron chi connectivity index (χ3n) is 2.49. The van der Waals surface area contributed by atoms with Crippen LogP contribution in [0.5, 0.6) is 0 Å². The molecular weight excluding hydrogens is 253 g/mol. The second-order valence-electron chi connectivity index (χ2n) is 4.14. The van der Waals surface area contributed by atoms with Gasteiger partial charge in [0, 0.05) is 12.1 Å². The molecule has 3 nitrogen and oxygen atoms in total. The molecule has 0 radical (unpaired) electrons. The average Bonchev–Trinajstić information content (AvgIpc) is 2.32. The van der Waals surface area contributed by atoms with Crippen LogP contribution in [0.15, 0.2) is 36.5 Å². The van der Waals surface area contributed by atoms with E-state index in [1.807, 2.05) is 6.92 Å². The predicted molar refractivity (Wildman–Crippen MR) is 70.2 cm³/mol. The Bertz CT molecular complexity index is 516. The minimum Gasteiger partial charge on any atom is -0.381 e. The summed E-state index contributed by atoms with van der Waals surface area (Å²) in [5.74, 6) is -0.218. The Labute approximate surface area is 110 Å². The first-order valence-electron chi connectivity index (χ1n) is 5.62. The second-order valence-corrected chi connectivity index (χ2v) is 4.53. The molecule has 1 aromatic heterocycles.